The summed E-state index contributed by atoms with van der Waals surface area (Å²) in [4.78, 5) is 3.66. The number of H-pyrrole nitrogens is 1. The Labute approximate surface area is 204 Å². The van der Waals surface area contributed by atoms with Crippen LogP contribution in [0.5, 0.6) is 5.75 Å². The lowest BCUT2D eigenvalue weighted by molar-refractivity contribution is 0.311. The zero-order valence-electron chi connectivity index (χ0n) is 18.0. The van der Waals surface area contributed by atoms with E-state index in [1.54, 1.807) is 0 Å². The fourth-order valence-corrected chi connectivity index (χ4v) is 4.80. The van der Waals surface area contributed by atoms with Crippen molar-refractivity contribution in [1.82, 2.24) is 10.3 Å². The molecule has 1 aromatic heterocycles. The number of hydrogen-bond donors (Lipinski definition) is 2. The second-order valence-corrected chi connectivity index (χ2v) is 9.07. The minimum atomic E-state index is 0. The molecular weight excluding hydrogens is 484 g/mol. The predicted octanol–water partition coefficient (Wildman–Crippen LogP) is 6.72. The van der Waals surface area contributed by atoms with Crippen molar-refractivity contribution >= 4 is 39.2 Å². The van der Waals surface area contributed by atoms with Crippen LogP contribution >= 0.6 is 28.3 Å². The Morgan fingerprint density at radius 2 is 1.56 bits per heavy atom. The minimum Gasteiger partial charge on any atom is -0.494 e. The van der Waals surface area contributed by atoms with E-state index in [1.807, 2.05) is 0 Å². The first kappa shape index (κ1) is 22.9. The van der Waals surface area contributed by atoms with Gasteiger partial charge in [-0.15, -0.1) is 12.4 Å². The largest absolute Gasteiger partial charge is 0.494 e. The molecule has 0 spiro atoms. The Bertz CT molecular complexity index is 1170. The number of halogens is 2. The van der Waals surface area contributed by atoms with Gasteiger partial charge >= 0.3 is 0 Å². The van der Waals surface area contributed by atoms with E-state index in [4.69, 9.17) is 4.74 Å². The first-order valence-electron chi connectivity index (χ1n) is 11.1. The van der Waals surface area contributed by atoms with Gasteiger partial charge in [0.25, 0.3) is 0 Å². The maximum atomic E-state index is 6.04. The van der Waals surface area contributed by atoms with E-state index in [2.05, 4.69) is 93.0 Å². The van der Waals surface area contributed by atoms with Gasteiger partial charge in [0.1, 0.15) is 5.75 Å². The number of hydrogen-bond acceptors (Lipinski definition) is 2. The molecule has 5 rings (SSSR count). The van der Waals surface area contributed by atoms with Crippen molar-refractivity contribution < 1.29 is 4.74 Å². The van der Waals surface area contributed by atoms with E-state index in [0.29, 0.717) is 0 Å². The summed E-state index contributed by atoms with van der Waals surface area (Å²) in [5.41, 5.74) is 8.06. The zero-order chi connectivity index (χ0) is 21.0. The van der Waals surface area contributed by atoms with E-state index in [1.165, 1.54) is 38.9 Å². The molecule has 1 aliphatic rings. The van der Waals surface area contributed by atoms with E-state index in [9.17, 15) is 0 Å². The highest BCUT2D eigenvalue weighted by atomic mass is 79.9. The van der Waals surface area contributed by atoms with Gasteiger partial charge in [0, 0.05) is 34.0 Å². The van der Waals surface area contributed by atoms with Crippen LogP contribution in [0.3, 0.4) is 0 Å². The summed E-state index contributed by atoms with van der Waals surface area (Å²) in [6.07, 6.45) is 4.23. The summed E-state index contributed by atoms with van der Waals surface area (Å²) in [7, 11) is 0. The summed E-state index contributed by atoms with van der Waals surface area (Å²) >= 11 is 3.49. The highest BCUT2D eigenvalue weighted by molar-refractivity contribution is 9.10. The van der Waals surface area contributed by atoms with Gasteiger partial charge in [-0.3, -0.25) is 0 Å². The summed E-state index contributed by atoms with van der Waals surface area (Å²) in [6, 6.07) is 23.4. The Morgan fingerprint density at radius 1 is 0.844 bits per heavy atom. The molecular formula is C27H28BrClN2O. The van der Waals surface area contributed by atoms with Crippen molar-refractivity contribution in [3.63, 3.8) is 0 Å². The van der Waals surface area contributed by atoms with E-state index >= 15 is 0 Å². The molecule has 0 atom stereocenters. The first-order valence-corrected chi connectivity index (χ1v) is 11.9. The highest BCUT2D eigenvalue weighted by Crippen LogP contribution is 2.29. The molecule has 3 nitrogen and oxygen atoms in total. The standard InChI is InChI=1S/C27H27BrN2O.ClH/c28-22-10-6-19(7-11-22)20-8-12-23(13-9-20)31-18-2-4-21-3-1-5-26-27(21)24-14-16-29-17-15-25(24)30-26;/h1,3,5-13,29-30H,2,4,14-18H2;1H. The number of fused-ring (bicyclic) bond motifs is 3. The molecule has 0 fully saturated rings. The van der Waals surface area contributed by atoms with Crippen molar-refractivity contribution in [1.29, 1.82) is 0 Å². The van der Waals surface area contributed by atoms with E-state index in [0.717, 1.165) is 55.6 Å². The van der Waals surface area contributed by atoms with Crippen LogP contribution in [0.1, 0.15) is 23.2 Å². The van der Waals surface area contributed by atoms with Crippen LogP contribution in [0.2, 0.25) is 0 Å². The van der Waals surface area contributed by atoms with Crippen LogP contribution in [-0.2, 0) is 19.3 Å². The Balaban J connectivity index is 0.00000245. The van der Waals surface area contributed by atoms with Crippen molar-refractivity contribution in [3.8, 4) is 16.9 Å². The fourth-order valence-electron chi connectivity index (χ4n) is 4.54. The molecule has 0 radical (unpaired) electrons. The smallest absolute Gasteiger partial charge is 0.119 e. The van der Waals surface area contributed by atoms with Gasteiger partial charge in [-0.2, -0.15) is 0 Å². The summed E-state index contributed by atoms with van der Waals surface area (Å²) in [5.74, 6) is 0.931. The molecule has 3 aromatic carbocycles. The molecule has 0 aliphatic carbocycles. The number of aromatic nitrogens is 1. The van der Waals surface area contributed by atoms with Crippen LogP contribution in [-0.4, -0.2) is 24.7 Å². The number of nitrogens with one attached hydrogen (secondary N) is 2. The minimum absolute atomic E-state index is 0. The fraction of sp³-hybridized carbons (Fsp3) is 0.259. The molecule has 0 saturated carbocycles. The predicted molar refractivity (Wildman–Crippen MR) is 139 cm³/mol. The number of aryl methyl sites for hydroxylation is 1. The Morgan fingerprint density at radius 3 is 2.34 bits per heavy atom. The second kappa shape index (κ2) is 10.6. The van der Waals surface area contributed by atoms with Crippen LogP contribution in [0, 0.1) is 0 Å². The second-order valence-electron chi connectivity index (χ2n) is 8.16. The lowest BCUT2D eigenvalue weighted by Gasteiger charge is -2.09. The Kier molecular flexibility index (Phi) is 7.56. The lowest BCUT2D eigenvalue weighted by Crippen LogP contribution is -2.16. The third kappa shape index (κ3) is 5.03. The molecule has 0 saturated heterocycles. The quantitative estimate of drug-likeness (QED) is 0.282. The molecule has 166 valence electrons. The van der Waals surface area contributed by atoms with Gasteiger partial charge in [-0.05, 0) is 78.4 Å². The first-order chi connectivity index (χ1) is 15.3. The molecule has 5 heteroatoms. The molecule has 0 amide bonds. The SMILES string of the molecule is Brc1ccc(-c2ccc(OCCCc3cccc4[nH]c5c(c34)CCNCC5)cc2)cc1.Cl. The molecule has 0 bridgehead atoms. The topological polar surface area (TPSA) is 37.0 Å². The highest BCUT2D eigenvalue weighted by Gasteiger charge is 2.16. The van der Waals surface area contributed by atoms with E-state index < -0.39 is 0 Å². The molecule has 0 unspecified atom stereocenters. The van der Waals surface area contributed by atoms with Gasteiger partial charge in [-0.1, -0.05) is 52.3 Å². The molecule has 2 heterocycles. The maximum Gasteiger partial charge on any atom is 0.119 e. The monoisotopic (exact) mass is 510 g/mol. The van der Waals surface area contributed by atoms with Crippen molar-refractivity contribution in [3.05, 3.63) is 88.0 Å². The summed E-state index contributed by atoms with van der Waals surface area (Å²) in [5, 5.41) is 4.95. The van der Waals surface area contributed by atoms with Gasteiger partial charge in [0.15, 0.2) is 0 Å². The number of ether oxygens (including phenoxy) is 1. The molecule has 2 N–H and O–H groups in total. The maximum absolute atomic E-state index is 6.04. The lowest BCUT2D eigenvalue weighted by atomic mass is 9.99. The van der Waals surface area contributed by atoms with Gasteiger partial charge in [0.2, 0.25) is 0 Å². The normalized spacial score (nSPS) is 13.3. The molecule has 4 aromatic rings. The van der Waals surface area contributed by atoms with Crippen LogP contribution < -0.4 is 10.1 Å². The number of benzene rings is 3. The van der Waals surface area contributed by atoms with Crippen molar-refractivity contribution in [2.75, 3.05) is 19.7 Å². The van der Waals surface area contributed by atoms with Gasteiger partial charge < -0.3 is 15.0 Å². The van der Waals surface area contributed by atoms with Gasteiger partial charge in [-0.25, -0.2) is 0 Å². The van der Waals surface area contributed by atoms with Crippen LogP contribution in [0.25, 0.3) is 22.0 Å². The summed E-state index contributed by atoms with van der Waals surface area (Å²) in [6.45, 7) is 2.85. The molecule has 1 aliphatic heterocycles. The van der Waals surface area contributed by atoms with E-state index in [-0.39, 0.29) is 12.4 Å². The summed E-state index contributed by atoms with van der Waals surface area (Å²) < 4.78 is 7.14. The third-order valence-electron chi connectivity index (χ3n) is 6.10. The Hall–Kier alpha value is -2.27. The molecule has 32 heavy (non-hydrogen) atoms. The number of aromatic amines is 1. The van der Waals surface area contributed by atoms with Crippen molar-refractivity contribution in [2.24, 2.45) is 0 Å². The van der Waals surface area contributed by atoms with Crippen LogP contribution in [0.15, 0.2) is 71.2 Å². The average molecular weight is 512 g/mol. The van der Waals surface area contributed by atoms with Crippen LogP contribution in [0.4, 0.5) is 0 Å². The zero-order valence-corrected chi connectivity index (χ0v) is 20.4. The van der Waals surface area contributed by atoms with Crippen molar-refractivity contribution in [2.45, 2.75) is 25.7 Å². The average Bonchev–Trinajstić information content (AvgIpc) is 3.00. The number of rotatable bonds is 6. The third-order valence-corrected chi connectivity index (χ3v) is 6.63. The van der Waals surface area contributed by atoms with Gasteiger partial charge in [0.05, 0.1) is 6.61 Å².